The number of morpholine rings is 1. The van der Waals surface area contributed by atoms with Crippen LogP contribution in [0.3, 0.4) is 0 Å². The van der Waals surface area contributed by atoms with E-state index < -0.39 is 5.60 Å². The molecule has 2 fully saturated rings. The lowest BCUT2D eigenvalue weighted by molar-refractivity contribution is 0.0240. The number of nitrogens with zero attached hydrogens (tertiary/aromatic N) is 3. The van der Waals surface area contributed by atoms with Crippen LogP contribution in [0.5, 0.6) is 0 Å². The van der Waals surface area contributed by atoms with E-state index in [2.05, 4.69) is 4.99 Å². The van der Waals surface area contributed by atoms with Gasteiger partial charge in [0.05, 0.1) is 19.8 Å². The highest BCUT2D eigenvalue weighted by Gasteiger charge is 2.34. The van der Waals surface area contributed by atoms with Crippen molar-refractivity contribution in [2.45, 2.75) is 45.3 Å². The Balaban J connectivity index is 0.00000264. The van der Waals surface area contributed by atoms with Crippen LogP contribution in [0.4, 0.5) is 4.79 Å². The van der Waals surface area contributed by atoms with E-state index in [4.69, 9.17) is 15.2 Å². The zero-order valence-corrected chi connectivity index (χ0v) is 16.6. The molecule has 0 spiro atoms. The number of hydrogen-bond acceptors (Lipinski definition) is 4. The minimum absolute atomic E-state index is 0. The van der Waals surface area contributed by atoms with Crippen LogP contribution in [-0.2, 0) is 9.47 Å². The van der Waals surface area contributed by atoms with Gasteiger partial charge in [0, 0.05) is 25.7 Å². The number of halogens is 1. The first-order valence-electron chi connectivity index (χ1n) is 7.99. The average Bonchev–Trinajstić information content (AvgIpc) is 3.26. The Labute approximate surface area is 155 Å². The Morgan fingerprint density at radius 2 is 1.96 bits per heavy atom. The van der Waals surface area contributed by atoms with E-state index in [1.54, 1.807) is 4.90 Å². The van der Waals surface area contributed by atoms with Crippen LogP contribution in [-0.4, -0.2) is 72.9 Å². The molecule has 23 heavy (non-hydrogen) atoms. The SMILES string of the molecule is CC(C)(C)OC(=O)N(CCN=C(N)N1CCOCC1)C1CC1.I. The molecular formula is C15H29IN4O3. The van der Waals surface area contributed by atoms with Crippen LogP contribution < -0.4 is 5.73 Å². The van der Waals surface area contributed by atoms with Crippen LogP contribution in [0.1, 0.15) is 33.6 Å². The Hall–Kier alpha value is -0.770. The number of hydrogen-bond donors (Lipinski definition) is 1. The first-order valence-corrected chi connectivity index (χ1v) is 7.99. The number of aliphatic imine (C=N–C) groups is 1. The summed E-state index contributed by atoms with van der Waals surface area (Å²) in [6, 6.07) is 0.301. The molecule has 1 saturated carbocycles. The number of rotatable bonds is 4. The maximum atomic E-state index is 12.2. The number of carbonyl (C=O) groups is 1. The molecule has 2 rings (SSSR count). The molecule has 134 valence electrons. The van der Waals surface area contributed by atoms with Crippen molar-refractivity contribution < 1.29 is 14.3 Å². The van der Waals surface area contributed by atoms with Crippen molar-refractivity contribution in [3.05, 3.63) is 0 Å². The summed E-state index contributed by atoms with van der Waals surface area (Å²) in [5, 5.41) is 0. The normalized spacial score (nSPS) is 19.1. The Bertz CT molecular complexity index is 415. The molecule has 8 heteroatoms. The molecule has 0 radical (unpaired) electrons. The predicted molar refractivity (Wildman–Crippen MR) is 100 cm³/mol. The second-order valence-electron chi connectivity index (χ2n) is 6.74. The Kier molecular flexibility index (Phi) is 7.85. The molecule has 0 aromatic carbocycles. The fourth-order valence-corrected chi connectivity index (χ4v) is 2.29. The Morgan fingerprint density at radius 1 is 1.35 bits per heavy atom. The fourth-order valence-electron chi connectivity index (χ4n) is 2.29. The first kappa shape index (κ1) is 20.3. The number of ether oxygens (including phenoxy) is 2. The van der Waals surface area contributed by atoms with Gasteiger partial charge in [0.25, 0.3) is 0 Å². The summed E-state index contributed by atoms with van der Waals surface area (Å²) >= 11 is 0. The van der Waals surface area contributed by atoms with Gasteiger partial charge in [-0.2, -0.15) is 0 Å². The minimum atomic E-state index is -0.472. The standard InChI is InChI=1S/C15H28N4O3.HI/c1-15(2,3)22-14(20)19(12-4-5-12)7-6-17-13(16)18-8-10-21-11-9-18;/h12H,4-11H2,1-3H3,(H2,16,17);1H. The van der Waals surface area contributed by atoms with Crippen molar-refractivity contribution in [3.63, 3.8) is 0 Å². The third-order valence-corrected chi connectivity index (χ3v) is 3.57. The second kappa shape index (κ2) is 8.91. The summed E-state index contributed by atoms with van der Waals surface area (Å²) in [7, 11) is 0. The molecule has 0 unspecified atom stereocenters. The quantitative estimate of drug-likeness (QED) is 0.409. The van der Waals surface area contributed by atoms with Gasteiger partial charge < -0.3 is 25.0 Å². The maximum Gasteiger partial charge on any atom is 0.410 e. The van der Waals surface area contributed by atoms with Gasteiger partial charge >= 0.3 is 6.09 Å². The van der Waals surface area contributed by atoms with E-state index in [1.165, 1.54) is 0 Å². The zero-order valence-electron chi connectivity index (χ0n) is 14.3. The summed E-state index contributed by atoms with van der Waals surface area (Å²) in [6.45, 7) is 9.59. The van der Waals surface area contributed by atoms with E-state index in [1.807, 2.05) is 25.7 Å². The van der Waals surface area contributed by atoms with Gasteiger partial charge in [0.1, 0.15) is 5.60 Å². The topological polar surface area (TPSA) is 80.4 Å². The van der Waals surface area contributed by atoms with Crippen molar-refractivity contribution >= 4 is 36.0 Å². The van der Waals surface area contributed by atoms with Gasteiger partial charge in [0.2, 0.25) is 0 Å². The molecule has 1 aliphatic carbocycles. The van der Waals surface area contributed by atoms with Crippen LogP contribution in [0.15, 0.2) is 4.99 Å². The summed E-state index contributed by atoms with van der Waals surface area (Å²) in [5.74, 6) is 0.531. The van der Waals surface area contributed by atoms with Crippen LogP contribution in [0, 0.1) is 0 Å². The molecule has 1 heterocycles. The molecule has 2 N–H and O–H groups in total. The zero-order chi connectivity index (χ0) is 16.2. The van der Waals surface area contributed by atoms with Crippen molar-refractivity contribution in [1.29, 1.82) is 0 Å². The molecule has 0 bridgehead atoms. The van der Waals surface area contributed by atoms with Gasteiger partial charge in [-0.3, -0.25) is 4.99 Å². The lowest BCUT2D eigenvalue weighted by Gasteiger charge is -2.28. The number of nitrogens with two attached hydrogens (primary N) is 1. The molecule has 1 saturated heterocycles. The van der Waals surface area contributed by atoms with E-state index in [0.717, 1.165) is 25.9 Å². The van der Waals surface area contributed by atoms with Crippen LogP contribution in [0.2, 0.25) is 0 Å². The van der Waals surface area contributed by atoms with Crippen molar-refractivity contribution in [1.82, 2.24) is 9.80 Å². The third-order valence-electron chi connectivity index (χ3n) is 3.57. The van der Waals surface area contributed by atoms with Crippen molar-refractivity contribution in [2.24, 2.45) is 10.7 Å². The lowest BCUT2D eigenvalue weighted by atomic mass is 10.2. The van der Waals surface area contributed by atoms with Gasteiger partial charge in [0.15, 0.2) is 5.96 Å². The minimum Gasteiger partial charge on any atom is -0.444 e. The molecular weight excluding hydrogens is 411 g/mol. The summed E-state index contributed by atoms with van der Waals surface area (Å²) in [6.07, 6.45) is 1.83. The summed E-state index contributed by atoms with van der Waals surface area (Å²) < 4.78 is 10.7. The predicted octanol–water partition coefficient (Wildman–Crippen LogP) is 1.65. The van der Waals surface area contributed by atoms with Crippen LogP contribution in [0.25, 0.3) is 0 Å². The Morgan fingerprint density at radius 3 is 2.48 bits per heavy atom. The molecule has 2 aliphatic rings. The molecule has 0 aromatic heterocycles. The van der Waals surface area contributed by atoms with E-state index in [-0.39, 0.29) is 30.1 Å². The van der Waals surface area contributed by atoms with Gasteiger partial charge in [-0.1, -0.05) is 0 Å². The van der Waals surface area contributed by atoms with Gasteiger partial charge in [-0.05, 0) is 33.6 Å². The fraction of sp³-hybridized carbons (Fsp3) is 0.867. The monoisotopic (exact) mass is 440 g/mol. The number of amides is 1. The van der Waals surface area contributed by atoms with Gasteiger partial charge in [-0.25, -0.2) is 4.79 Å². The van der Waals surface area contributed by atoms with E-state index in [0.29, 0.717) is 38.3 Å². The van der Waals surface area contributed by atoms with Crippen molar-refractivity contribution in [2.75, 3.05) is 39.4 Å². The summed E-state index contributed by atoms with van der Waals surface area (Å²) in [5.41, 5.74) is 5.52. The maximum absolute atomic E-state index is 12.2. The highest BCUT2D eigenvalue weighted by Crippen LogP contribution is 2.28. The lowest BCUT2D eigenvalue weighted by Crippen LogP contribution is -2.45. The second-order valence-corrected chi connectivity index (χ2v) is 6.74. The largest absolute Gasteiger partial charge is 0.444 e. The van der Waals surface area contributed by atoms with E-state index >= 15 is 0 Å². The molecule has 1 amide bonds. The van der Waals surface area contributed by atoms with Crippen LogP contribution >= 0.6 is 24.0 Å². The molecule has 7 nitrogen and oxygen atoms in total. The first-order chi connectivity index (χ1) is 10.4. The third kappa shape index (κ3) is 7.11. The highest BCUT2D eigenvalue weighted by molar-refractivity contribution is 14.0. The van der Waals surface area contributed by atoms with Crippen molar-refractivity contribution in [3.8, 4) is 0 Å². The smallest absolute Gasteiger partial charge is 0.410 e. The van der Waals surface area contributed by atoms with E-state index in [9.17, 15) is 4.79 Å². The molecule has 0 atom stereocenters. The highest BCUT2D eigenvalue weighted by atomic mass is 127. The molecule has 1 aliphatic heterocycles. The summed E-state index contributed by atoms with van der Waals surface area (Å²) in [4.78, 5) is 20.4. The average molecular weight is 440 g/mol. The van der Waals surface area contributed by atoms with Gasteiger partial charge in [-0.15, -0.1) is 24.0 Å². The number of carbonyl (C=O) groups excluding carboxylic acids is 1. The molecule has 0 aromatic rings. The number of guanidine groups is 1.